The van der Waals surface area contributed by atoms with E-state index < -0.39 is 11.6 Å². The van der Waals surface area contributed by atoms with Crippen molar-refractivity contribution in [3.8, 4) is 0 Å². The molecule has 6 heteroatoms. The van der Waals surface area contributed by atoms with Crippen LogP contribution in [0, 0.1) is 17.6 Å². The largest absolute Gasteiger partial charge is 0.339 e. The Morgan fingerprint density at radius 3 is 2.44 bits per heavy atom. The van der Waals surface area contributed by atoms with Crippen molar-refractivity contribution in [2.45, 2.75) is 12.8 Å². The van der Waals surface area contributed by atoms with Gasteiger partial charge in [-0.1, -0.05) is 30.3 Å². The minimum atomic E-state index is -0.677. The van der Waals surface area contributed by atoms with E-state index in [4.69, 9.17) is 0 Å². The molecule has 1 N–H and O–H groups in total. The molecule has 0 spiro atoms. The molecule has 0 aliphatic carbocycles. The van der Waals surface area contributed by atoms with E-state index in [9.17, 15) is 18.4 Å². The predicted octanol–water partition coefficient (Wildman–Crippen LogP) is 3.86. The number of halogens is 2. The maximum atomic E-state index is 13.6. The number of likely N-dealkylation sites (tertiary alicyclic amines) is 1. The zero-order valence-corrected chi connectivity index (χ0v) is 14.7. The molecule has 1 heterocycles. The summed E-state index contributed by atoms with van der Waals surface area (Å²) in [7, 11) is 0. The lowest BCUT2D eigenvalue weighted by molar-refractivity contribution is -0.130. The number of nitrogens with zero attached hydrogens (tertiary/aromatic N) is 1. The maximum Gasteiger partial charge on any atom is 0.246 e. The van der Waals surface area contributed by atoms with Gasteiger partial charge in [0, 0.05) is 31.1 Å². The van der Waals surface area contributed by atoms with E-state index in [1.54, 1.807) is 11.0 Å². The number of nitrogens with one attached hydrogen (secondary N) is 1. The summed E-state index contributed by atoms with van der Waals surface area (Å²) in [5.41, 5.74) is 0.779. The topological polar surface area (TPSA) is 49.4 Å². The second-order valence-electron chi connectivity index (χ2n) is 6.46. The van der Waals surface area contributed by atoms with Crippen molar-refractivity contribution in [3.63, 3.8) is 0 Å². The highest BCUT2D eigenvalue weighted by Crippen LogP contribution is 2.22. The van der Waals surface area contributed by atoms with Gasteiger partial charge in [0.1, 0.15) is 11.6 Å². The van der Waals surface area contributed by atoms with E-state index in [-0.39, 0.29) is 23.4 Å². The second kappa shape index (κ2) is 8.58. The first-order chi connectivity index (χ1) is 13.0. The van der Waals surface area contributed by atoms with Crippen molar-refractivity contribution in [1.29, 1.82) is 0 Å². The molecule has 1 fully saturated rings. The fourth-order valence-electron chi connectivity index (χ4n) is 3.03. The molecule has 1 aliphatic heterocycles. The van der Waals surface area contributed by atoms with Crippen molar-refractivity contribution < 1.29 is 18.4 Å². The molecule has 0 saturated carbocycles. The van der Waals surface area contributed by atoms with E-state index in [0.717, 1.165) is 23.8 Å². The fraction of sp³-hybridized carbons (Fsp3) is 0.238. The number of hydrogen-bond acceptors (Lipinski definition) is 2. The van der Waals surface area contributed by atoms with Crippen molar-refractivity contribution in [1.82, 2.24) is 4.90 Å². The number of anilines is 1. The van der Waals surface area contributed by atoms with Gasteiger partial charge < -0.3 is 10.2 Å². The quantitative estimate of drug-likeness (QED) is 0.831. The Morgan fingerprint density at radius 1 is 1.04 bits per heavy atom. The van der Waals surface area contributed by atoms with Crippen LogP contribution in [0.4, 0.5) is 14.5 Å². The summed E-state index contributed by atoms with van der Waals surface area (Å²) in [5.74, 6) is -2.09. The maximum absolute atomic E-state index is 13.6. The highest BCUT2D eigenvalue weighted by molar-refractivity contribution is 5.94. The van der Waals surface area contributed by atoms with Gasteiger partial charge in [-0.25, -0.2) is 8.78 Å². The molecule has 0 unspecified atom stereocenters. The Hall–Kier alpha value is -3.02. The normalized spacial score (nSPS) is 15.1. The summed E-state index contributed by atoms with van der Waals surface area (Å²) in [6, 6.07) is 12.5. The molecule has 0 atom stereocenters. The lowest BCUT2D eigenvalue weighted by atomic mass is 9.95. The van der Waals surface area contributed by atoms with Crippen LogP contribution in [0.15, 0.2) is 54.6 Å². The summed E-state index contributed by atoms with van der Waals surface area (Å²) < 4.78 is 26.9. The van der Waals surface area contributed by atoms with Crippen molar-refractivity contribution in [2.24, 2.45) is 5.92 Å². The van der Waals surface area contributed by atoms with Crippen LogP contribution >= 0.6 is 0 Å². The Morgan fingerprint density at radius 2 is 1.74 bits per heavy atom. The molecule has 27 heavy (non-hydrogen) atoms. The zero-order chi connectivity index (χ0) is 19.2. The van der Waals surface area contributed by atoms with Crippen LogP contribution in [0.1, 0.15) is 18.4 Å². The van der Waals surface area contributed by atoms with Crippen LogP contribution < -0.4 is 5.32 Å². The van der Waals surface area contributed by atoms with Crippen LogP contribution in [-0.2, 0) is 9.59 Å². The monoisotopic (exact) mass is 370 g/mol. The Kier molecular flexibility index (Phi) is 5.96. The lowest BCUT2D eigenvalue weighted by Gasteiger charge is -2.30. The third-order valence-corrected chi connectivity index (χ3v) is 4.58. The standard InChI is InChI=1S/C21H20F2N2O2/c22-17-7-8-18(23)19(14-17)24-21(27)16-10-12-25(13-11-16)20(26)9-6-15-4-2-1-3-5-15/h1-9,14,16H,10-13H2,(H,24,27). The SMILES string of the molecule is O=C(Nc1cc(F)ccc1F)C1CCN(C(=O)C=Cc2ccccc2)CC1. The van der Waals surface area contributed by atoms with Gasteiger partial charge in [-0.2, -0.15) is 0 Å². The molecule has 0 bridgehead atoms. The number of piperidine rings is 1. The number of carbonyl (C=O) groups excluding carboxylic acids is 2. The van der Waals surface area contributed by atoms with Crippen LogP contribution in [0.25, 0.3) is 6.08 Å². The van der Waals surface area contributed by atoms with Gasteiger partial charge in [-0.05, 0) is 36.6 Å². The summed E-state index contributed by atoms with van der Waals surface area (Å²) in [6.45, 7) is 0.892. The van der Waals surface area contributed by atoms with Crippen LogP contribution in [0.2, 0.25) is 0 Å². The molecule has 0 aromatic heterocycles. The minimum Gasteiger partial charge on any atom is -0.339 e. The molecule has 1 aliphatic rings. The fourth-order valence-corrected chi connectivity index (χ4v) is 3.03. The van der Waals surface area contributed by atoms with Crippen molar-refractivity contribution in [2.75, 3.05) is 18.4 Å². The molecule has 140 valence electrons. The van der Waals surface area contributed by atoms with Gasteiger partial charge in [0.2, 0.25) is 11.8 Å². The zero-order valence-electron chi connectivity index (χ0n) is 14.7. The van der Waals surface area contributed by atoms with E-state index in [1.807, 2.05) is 30.3 Å². The summed E-state index contributed by atoms with van der Waals surface area (Å²) >= 11 is 0. The van der Waals surface area contributed by atoms with Crippen LogP contribution in [0.3, 0.4) is 0 Å². The Balaban J connectivity index is 1.52. The predicted molar refractivity (Wildman–Crippen MR) is 99.8 cm³/mol. The second-order valence-corrected chi connectivity index (χ2v) is 6.46. The number of hydrogen-bond donors (Lipinski definition) is 1. The first kappa shape index (κ1) is 18.8. The lowest BCUT2D eigenvalue weighted by Crippen LogP contribution is -2.40. The van der Waals surface area contributed by atoms with Gasteiger partial charge in [-0.3, -0.25) is 9.59 Å². The van der Waals surface area contributed by atoms with E-state index in [0.29, 0.717) is 25.9 Å². The van der Waals surface area contributed by atoms with Crippen molar-refractivity contribution in [3.05, 3.63) is 71.8 Å². The van der Waals surface area contributed by atoms with Gasteiger partial charge in [0.25, 0.3) is 0 Å². The average molecular weight is 370 g/mol. The molecule has 3 rings (SSSR count). The van der Waals surface area contributed by atoms with Gasteiger partial charge in [0.05, 0.1) is 5.69 Å². The molecule has 2 aromatic rings. The molecular weight excluding hydrogens is 350 g/mol. The summed E-state index contributed by atoms with van der Waals surface area (Å²) in [4.78, 5) is 26.3. The van der Waals surface area contributed by atoms with Crippen LogP contribution in [0.5, 0.6) is 0 Å². The third-order valence-electron chi connectivity index (χ3n) is 4.58. The van der Waals surface area contributed by atoms with Gasteiger partial charge in [0.15, 0.2) is 0 Å². The third kappa shape index (κ3) is 5.00. The van der Waals surface area contributed by atoms with Gasteiger partial charge >= 0.3 is 0 Å². The van der Waals surface area contributed by atoms with E-state index in [2.05, 4.69) is 5.32 Å². The van der Waals surface area contributed by atoms with Gasteiger partial charge in [-0.15, -0.1) is 0 Å². The number of rotatable bonds is 4. The highest BCUT2D eigenvalue weighted by atomic mass is 19.1. The van der Waals surface area contributed by atoms with E-state index >= 15 is 0 Å². The minimum absolute atomic E-state index is 0.103. The highest BCUT2D eigenvalue weighted by Gasteiger charge is 2.27. The Bertz CT molecular complexity index is 845. The molecule has 4 nitrogen and oxygen atoms in total. The van der Waals surface area contributed by atoms with Crippen molar-refractivity contribution >= 4 is 23.6 Å². The molecular formula is C21H20F2N2O2. The molecule has 2 amide bonds. The molecule has 0 radical (unpaired) electrons. The first-order valence-electron chi connectivity index (χ1n) is 8.81. The van der Waals surface area contributed by atoms with E-state index in [1.165, 1.54) is 6.08 Å². The Labute approximate surface area is 156 Å². The first-order valence-corrected chi connectivity index (χ1v) is 8.81. The number of amides is 2. The summed E-state index contributed by atoms with van der Waals surface area (Å²) in [5, 5.41) is 2.44. The van der Waals surface area contributed by atoms with Crippen LogP contribution in [-0.4, -0.2) is 29.8 Å². The number of carbonyl (C=O) groups is 2. The molecule has 1 saturated heterocycles. The molecule has 2 aromatic carbocycles. The number of benzene rings is 2. The smallest absolute Gasteiger partial charge is 0.246 e. The summed E-state index contributed by atoms with van der Waals surface area (Å²) in [6.07, 6.45) is 4.24. The average Bonchev–Trinajstić information content (AvgIpc) is 2.70.